The van der Waals surface area contributed by atoms with Crippen LogP contribution in [-0.4, -0.2) is 263 Å². The number of rotatable bonds is 11. The quantitative estimate of drug-likeness (QED) is 0.221. The Kier molecular flexibility index (Phi) is 29.9. The Hall–Kier alpha value is -6.79. The van der Waals surface area contributed by atoms with Gasteiger partial charge in [-0.15, -0.1) is 11.6 Å². The highest BCUT2D eigenvalue weighted by molar-refractivity contribution is 6.21. The fraction of sp³-hybridized carbons (Fsp3) is 0.817. The minimum absolute atomic E-state index is 0.0123. The van der Waals surface area contributed by atoms with Crippen molar-refractivity contribution in [1.82, 2.24) is 60.0 Å². The molecule has 3 saturated heterocycles. The summed E-state index contributed by atoms with van der Waals surface area (Å²) in [7, 11) is 9.72. The Morgan fingerprint density at radius 2 is 1.26 bits per heavy atom. The number of likely N-dealkylation sites (N-methyl/N-ethyl adjacent to an activating group) is 7. The average Bonchev–Trinajstić information content (AvgIpc) is 1.49. The number of nitrogens with one attached hydrogen (secondary N) is 3. The molecule has 0 aromatic heterocycles. The van der Waals surface area contributed by atoms with Gasteiger partial charge in [0.15, 0.2) is 0 Å². The lowest BCUT2D eigenvalue weighted by Gasteiger charge is -2.42. The summed E-state index contributed by atoms with van der Waals surface area (Å²) in [6.45, 7) is 9.70. The van der Waals surface area contributed by atoms with E-state index in [-0.39, 0.29) is 88.5 Å². The van der Waals surface area contributed by atoms with Crippen molar-refractivity contribution in [1.29, 1.82) is 5.26 Å². The van der Waals surface area contributed by atoms with Gasteiger partial charge in [-0.05, 0) is 132 Å². The van der Waals surface area contributed by atoms with Crippen LogP contribution in [0.1, 0.15) is 183 Å². The summed E-state index contributed by atoms with van der Waals surface area (Å²) < 4.78 is 42.0. The summed E-state index contributed by atoms with van der Waals surface area (Å²) in [6.07, 6.45) is 2.00. The summed E-state index contributed by atoms with van der Waals surface area (Å²) in [5.74, 6) is -12.3. The van der Waals surface area contributed by atoms with Crippen molar-refractivity contribution in [2.45, 2.75) is 242 Å². The number of carbonyl (C=O) groups excluding carboxylic acids is 12. The molecule has 6 fully saturated rings. The van der Waals surface area contributed by atoms with E-state index in [2.05, 4.69) is 22.0 Å². The zero-order chi connectivity index (χ0) is 74.4. The van der Waals surface area contributed by atoms with Gasteiger partial charge in [-0.25, -0.2) is 0 Å². The average molecular weight is 1430 g/mol. The van der Waals surface area contributed by atoms with Crippen LogP contribution in [0.5, 0.6) is 0 Å². The summed E-state index contributed by atoms with van der Waals surface area (Å²) in [6, 6.07) is -6.59. The molecule has 0 aromatic carbocycles. The molecule has 3 heterocycles. The van der Waals surface area contributed by atoms with Crippen molar-refractivity contribution < 1.29 is 70.7 Å². The Morgan fingerprint density at radius 1 is 0.640 bits per heavy atom. The molecule has 6 aliphatic rings. The molecule has 3 aliphatic heterocycles. The molecule has 100 heavy (non-hydrogen) atoms. The van der Waals surface area contributed by atoms with Gasteiger partial charge in [0.2, 0.25) is 70.9 Å². The number of hydrogen-bond donors (Lipinski definition) is 3. The molecule has 13 atom stereocenters. The predicted octanol–water partition coefficient (Wildman–Crippen LogP) is 5.31. The van der Waals surface area contributed by atoms with Crippen molar-refractivity contribution in [2.24, 2.45) is 41.4 Å². The maximum absolute atomic E-state index is 15.4. The van der Waals surface area contributed by atoms with E-state index in [0.717, 1.165) is 34.0 Å². The zero-order valence-electron chi connectivity index (χ0n) is 61.3. The molecular weight excluding hydrogens is 1320 g/mol. The third-order valence-electron chi connectivity index (χ3n) is 22.3. The first-order valence-electron chi connectivity index (χ1n) is 36.4. The lowest BCUT2D eigenvalue weighted by Crippen LogP contribution is -2.65. The van der Waals surface area contributed by atoms with Gasteiger partial charge in [0.1, 0.15) is 47.8 Å². The number of halogens is 4. The lowest BCUT2D eigenvalue weighted by molar-refractivity contribution is -0.182. The number of likely N-dealkylation sites (tertiary alicyclic amines) is 1. The molecule has 1 spiro atoms. The molecule has 562 valence electrons. The smallest absolute Gasteiger partial charge is 0.343 e. The minimum atomic E-state index is -4.52. The van der Waals surface area contributed by atoms with Gasteiger partial charge in [-0.3, -0.25) is 57.5 Å². The Balaban J connectivity index is 1.42. The van der Waals surface area contributed by atoms with Crippen LogP contribution in [0.2, 0.25) is 0 Å². The number of carbonyl (C=O) groups is 12. The third-order valence-corrected chi connectivity index (χ3v) is 22.8. The van der Waals surface area contributed by atoms with E-state index in [9.17, 15) is 56.8 Å². The molecule has 29 heteroatoms. The maximum Gasteiger partial charge on any atom is 0.393 e. The highest BCUT2D eigenvalue weighted by Gasteiger charge is 2.52. The molecule has 12 amide bonds. The summed E-state index contributed by atoms with van der Waals surface area (Å²) >= 11 is 6.39. The SMILES string of the molecule is CC[C@H](C)[C@@H]1NC(=O)[C@H](CC(C)C)N(C)C(=O)C[C@@H](C(=O)N2CCCCC2)N(C)C(=O)[C@H](C(C)C)N(C)C(=O)C2(CCCC2)NC(=O)[C@@H]2CCCN2C(=O)[C@H](CCC2CCC(C(F)(F)F)C(Cl)C2)NC(=O)CN(C)C(=O)[C@H](CC2CCCCC2C#N)N(C)C(=O)CN(C)C(=O)CN(C)C1=O. The number of piperidine rings is 1. The van der Waals surface area contributed by atoms with Crippen molar-refractivity contribution in [3.05, 3.63) is 0 Å². The van der Waals surface area contributed by atoms with Gasteiger partial charge in [-0.1, -0.05) is 73.6 Å². The highest BCUT2D eigenvalue weighted by atomic mass is 35.5. The summed E-state index contributed by atoms with van der Waals surface area (Å²) in [5, 5.41) is 17.7. The molecule has 3 N–H and O–H groups in total. The first-order chi connectivity index (χ1) is 47.0. The van der Waals surface area contributed by atoms with Gasteiger partial charge >= 0.3 is 6.18 Å². The van der Waals surface area contributed by atoms with Crippen molar-refractivity contribution >= 4 is 82.5 Å². The lowest BCUT2D eigenvalue weighted by atomic mass is 9.76. The van der Waals surface area contributed by atoms with Crippen LogP contribution in [0.3, 0.4) is 0 Å². The molecule has 0 bridgehead atoms. The number of fused-ring (bicyclic) bond motifs is 1. The highest BCUT2D eigenvalue weighted by Crippen LogP contribution is 2.44. The van der Waals surface area contributed by atoms with Crippen LogP contribution in [0.4, 0.5) is 13.2 Å². The molecule has 0 radical (unpaired) electrons. The van der Waals surface area contributed by atoms with E-state index in [1.165, 1.54) is 73.8 Å². The second-order valence-corrected chi connectivity index (χ2v) is 30.9. The van der Waals surface area contributed by atoms with Crippen LogP contribution < -0.4 is 16.0 Å². The maximum atomic E-state index is 15.4. The third kappa shape index (κ3) is 20.5. The molecular formula is C71H113ClF3N13O12. The second-order valence-electron chi connectivity index (χ2n) is 30.4. The molecule has 5 unspecified atom stereocenters. The number of alkyl halides is 4. The van der Waals surface area contributed by atoms with Crippen LogP contribution in [0.25, 0.3) is 0 Å². The molecule has 3 saturated carbocycles. The van der Waals surface area contributed by atoms with E-state index in [1.807, 2.05) is 20.8 Å². The van der Waals surface area contributed by atoms with Gasteiger partial charge < -0.3 is 60.0 Å². The van der Waals surface area contributed by atoms with Gasteiger partial charge in [0.25, 0.3) is 0 Å². The van der Waals surface area contributed by atoms with Crippen molar-refractivity contribution in [3.8, 4) is 6.07 Å². The minimum Gasteiger partial charge on any atom is -0.343 e. The Morgan fingerprint density at radius 3 is 1.86 bits per heavy atom. The zero-order valence-corrected chi connectivity index (χ0v) is 62.1. The number of hydrogen-bond acceptors (Lipinski definition) is 13. The largest absolute Gasteiger partial charge is 0.393 e. The van der Waals surface area contributed by atoms with Crippen LogP contribution in [0, 0.1) is 52.8 Å². The van der Waals surface area contributed by atoms with E-state index in [4.69, 9.17) is 11.6 Å². The number of nitriles is 1. The Labute approximate surface area is 594 Å². The van der Waals surface area contributed by atoms with Gasteiger partial charge in [0.05, 0.1) is 38.0 Å². The Bertz CT molecular complexity index is 2980. The van der Waals surface area contributed by atoms with Crippen LogP contribution in [0.15, 0.2) is 0 Å². The van der Waals surface area contributed by atoms with E-state index >= 15 is 19.2 Å². The molecule has 6 rings (SSSR count). The van der Waals surface area contributed by atoms with E-state index in [0.29, 0.717) is 64.5 Å². The first-order valence-corrected chi connectivity index (χ1v) is 36.8. The van der Waals surface area contributed by atoms with Gasteiger partial charge in [-0.2, -0.15) is 18.4 Å². The molecule has 25 nitrogen and oxygen atoms in total. The first kappa shape index (κ1) is 82.2. The molecule has 3 aliphatic carbocycles. The standard InChI is InChI=1S/C71H113ClF3N13O12/c1-14-45(6)60-67(98)82(9)41-58(91)80(7)42-59(92)84(11)54(37-47-23-16-17-24-48(47)39-76)65(96)81(8)40-56(89)77-51(29-27-46-26-28-49(50(72)36-46)71(73,74)75)64(95)88-34-22-25-52(88)63(94)79-70(30-18-19-31-70)69(100)86(13)61(44(4)5)68(99)85(12)55(66(97)87-32-20-15-21-33-87)38-57(90)83(10)53(35-43(2)3)62(93)78-60/h43-55,60-61H,14-38,40-42H2,1-13H3,(H,77,89)(H,78,93)(H,79,94)/t45-,46?,47?,48?,49?,50?,51-,52-,53-,54-,55-,60-,61-/m0/s1. The number of amides is 12. The summed E-state index contributed by atoms with van der Waals surface area (Å²) in [5.41, 5.74) is -1.58. The van der Waals surface area contributed by atoms with E-state index < -0.39 is 180 Å². The van der Waals surface area contributed by atoms with Gasteiger partial charge in [0, 0.05) is 80.3 Å². The molecule has 0 aromatic rings. The monoisotopic (exact) mass is 1430 g/mol. The topological polar surface area (TPSA) is 294 Å². The second kappa shape index (κ2) is 36.4. The normalized spacial score (nSPS) is 30.3. The predicted molar refractivity (Wildman–Crippen MR) is 367 cm³/mol. The fourth-order valence-electron chi connectivity index (χ4n) is 15.8. The van der Waals surface area contributed by atoms with Crippen LogP contribution >= 0.6 is 11.6 Å². The fourth-order valence-corrected chi connectivity index (χ4v) is 16.3. The number of nitrogens with zero attached hydrogens (tertiary/aromatic N) is 10. The van der Waals surface area contributed by atoms with Crippen molar-refractivity contribution in [2.75, 3.05) is 88.6 Å². The van der Waals surface area contributed by atoms with E-state index in [1.54, 1.807) is 25.7 Å². The summed E-state index contributed by atoms with van der Waals surface area (Å²) in [4.78, 5) is 190. The van der Waals surface area contributed by atoms with Crippen LogP contribution in [-0.2, 0) is 57.5 Å². The van der Waals surface area contributed by atoms with Crippen molar-refractivity contribution in [3.63, 3.8) is 0 Å².